The Morgan fingerprint density at radius 1 is 1.08 bits per heavy atom. The van der Waals surface area contributed by atoms with Gasteiger partial charge in [-0.15, -0.1) is 11.8 Å². The van der Waals surface area contributed by atoms with Crippen molar-refractivity contribution in [1.29, 1.82) is 0 Å². The lowest BCUT2D eigenvalue weighted by Crippen LogP contribution is -2.30. The first-order chi connectivity index (χ1) is 11.9. The smallest absolute Gasteiger partial charge is 0.122 e. The number of nitrogens with one attached hydrogen (secondary N) is 1. The van der Waals surface area contributed by atoms with Gasteiger partial charge in [0.05, 0.1) is 7.11 Å². The van der Waals surface area contributed by atoms with Crippen molar-refractivity contribution in [2.24, 2.45) is 0 Å². The molecule has 0 aliphatic rings. The zero-order valence-corrected chi connectivity index (χ0v) is 17.0. The average molecular weight is 359 g/mol. The molecule has 3 nitrogen and oxygen atoms in total. The maximum atomic E-state index is 5.57. The van der Waals surface area contributed by atoms with Crippen LogP contribution in [-0.4, -0.2) is 32.5 Å². The third-order valence-corrected chi connectivity index (χ3v) is 5.14. The van der Waals surface area contributed by atoms with E-state index in [9.17, 15) is 0 Å². The fourth-order valence-electron chi connectivity index (χ4n) is 2.89. The van der Waals surface area contributed by atoms with Gasteiger partial charge in [0.25, 0.3) is 0 Å². The van der Waals surface area contributed by atoms with E-state index in [4.69, 9.17) is 4.74 Å². The predicted octanol–water partition coefficient (Wildman–Crippen LogP) is 5.30. The van der Waals surface area contributed by atoms with Gasteiger partial charge >= 0.3 is 0 Å². The molecule has 0 saturated heterocycles. The number of nitrogens with zero attached hydrogens (tertiary/aromatic N) is 1. The molecule has 1 unspecified atom stereocenters. The van der Waals surface area contributed by atoms with Gasteiger partial charge in [-0.1, -0.05) is 0 Å². The Kier molecular flexibility index (Phi) is 7.06. The van der Waals surface area contributed by atoms with Crippen LogP contribution in [0.5, 0.6) is 5.75 Å². The van der Waals surface area contributed by atoms with Crippen LogP contribution in [0.1, 0.15) is 26.3 Å². The molecule has 1 atom stereocenters. The van der Waals surface area contributed by atoms with E-state index in [2.05, 4.69) is 86.8 Å². The van der Waals surface area contributed by atoms with Crippen molar-refractivity contribution in [1.82, 2.24) is 0 Å². The van der Waals surface area contributed by atoms with Gasteiger partial charge < -0.3 is 15.0 Å². The van der Waals surface area contributed by atoms with E-state index < -0.39 is 0 Å². The topological polar surface area (TPSA) is 24.5 Å². The van der Waals surface area contributed by atoms with Crippen molar-refractivity contribution in [2.45, 2.75) is 44.2 Å². The van der Waals surface area contributed by atoms with E-state index in [1.165, 1.54) is 16.1 Å². The molecule has 0 radical (unpaired) electrons. The number of thioether (sulfide) groups is 1. The van der Waals surface area contributed by atoms with Gasteiger partial charge in [0.1, 0.15) is 5.75 Å². The fraction of sp³-hybridized carbons (Fsp3) is 0.429. The van der Waals surface area contributed by atoms with Crippen molar-refractivity contribution >= 4 is 23.1 Å². The number of benzene rings is 2. The van der Waals surface area contributed by atoms with Gasteiger partial charge in [0, 0.05) is 35.4 Å². The lowest BCUT2D eigenvalue weighted by Gasteiger charge is -2.28. The van der Waals surface area contributed by atoms with Crippen molar-refractivity contribution in [3.05, 3.63) is 48.0 Å². The van der Waals surface area contributed by atoms with Crippen molar-refractivity contribution < 1.29 is 4.74 Å². The molecule has 0 amide bonds. The van der Waals surface area contributed by atoms with Gasteiger partial charge in [-0.25, -0.2) is 0 Å². The van der Waals surface area contributed by atoms with Crippen molar-refractivity contribution in [2.75, 3.05) is 30.6 Å². The first-order valence-electron chi connectivity index (χ1n) is 8.75. The van der Waals surface area contributed by atoms with Crippen LogP contribution in [0, 0.1) is 0 Å². The number of rotatable bonds is 8. The Hall–Kier alpha value is -1.81. The molecule has 136 valence electrons. The summed E-state index contributed by atoms with van der Waals surface area (Å²) in [4.78, 5) is 3.62. The monoisotopic (exact) mass is 358 g/mol. The van der Waals surface area contributed by atoms with Crippen LogP contribution in [0.3, 0.4) is 0 Å². The molecular weight excluding hydrogens is 328 g/mol. The highest BCUT2D eigenvalue weighted by Crippen LogP contribution is 2.27. The van der Waals surface area contributed by atoms with Crippen LogP contribution >= 0.6 is 11.8 Å². The van der Waals surface area contributed by atoms with Crippen LogP contribution in [0.4, 0.5) is 11.4 Å². The number of ether oxygens (including phenoxy) is 1. The minimum atomic E-state index is 0.364. The molecule has 2 rings (SSSR count). The first kappa shape index (κ1) is 19.5. The van der Waals surface area contributed by atoms with E-state index in [1.807, 2.05) is 0 Å². The van der Waals surface area contributed by atoms with E-state index in [1.54, 1.807) is 18.9 Å². The second-order valence-electron chi connectivity index (χ2n) is 6.69. The zero-order chi connectivity index (χ0) is 18.4. The summed E-state index contributed by atoms with van der Waals surface area (Å²) in [5.74, 6) is 0.951. The molecular formula is C21H30N2OS. The van der Waals surface area contributed by atoms with Gasteiger partial charge in [0.2, 0.25) is 0 Å². The highest BCUT2D eigenvalue weighted by atomic mass is 32.2. The molecule has 0 heterocycles. The largest absolute Gasteiger partial charge is 0.496 e. The second kappa shape index (κ2) is 9.04. The predicted molar refractivity (Wildman–Crippen MR) is 112 cm³/mol. The molecule has 0 spiro atoms. The van der Waals surface area contributed by atoms with Crippen LogP contribution in [0.15, 0.2) is 47.4 Å². The normalized spacial score (nSPS) is 12.1. The van der Waals surface area contributed by atoms with E-state index in [0.717, 1.165) is 17.9 Å². The summed E-state index contributed by atoms with van der Waals surface area (Å²) in [5.41, 5.74) is 3.61. The Bertz CT molecular complexity index is 670. The Morgan fingerprint density at radius 2 is 1.76 bits per heavy atom. The maximum absolute atomic E-state index is 5.57. The molecule has 2 aromatic rings. The summed E-state index contributed by atoms with van der Waals surface area (Å²) in [6, 6.07) is 15.9. The summed E-state index contributed by atoms with van der Waals surface area (Å²) < 4.78 is 5.57. The Morgan fingerprint density at radius 3 is 2.32 bits per heavy atom. The van der Waals surface area contributed by atoms with E-state index in [-0.39, 0.29) is 0 Å². The number of likely N-dealkylation sites (N-methyl/N-ethyl adjacent to an activating group) is 1. The van der Waals surface area contributed by atoms with E-state index in [0.29, 0.717) is 12.1 Å². The van der Waals surface area contributed by atoms with Crippen LogP contribution in [0.2, 0.25) is 0 Å². The number of methoxy groups -OCH3 is 1. The molecule has 0 fully saturated rings. The maximum Gasteiger partial charge on any atom is 0.122 e. The van der Waals surface area contributed by atoms with Crippen LogP contribution in [-0.2, 0) is 6.42 Å². The molecule has 1 N–H and O–H groups in total. The van der Waals surface area contributed by atoms with Crippen molar-refractivity contribution in [3.8, 4) is 5.75 Å². The number of hydrogen-bond donors (Lipinski definition) is 1. The summed E-state index contributed by atoms with van der Waals surface area (Å²) in [6.07, 6.45) is 3.03. The highest BCUT2D eigenvalue weighted by Gasteiger charge is 2.14. The Balaban J connectivity index is 2.15. The second-order valence-corrected chi connectivity index (χ2v) is 7.57. The molecule has 2 aromatic carbocycles. The molecule has 0 saturated carbocycles. The summed E-state index contributed by atoms with van der Waals surface area (Å²) >= 11 is 1.77. The molecule has 0 bridgehead atoms. The van der Waals surface area contributed by atoms with Gasteiger partial charge in [-0.05, 0) is 81.5 Å². The van der Waals surface area contributed by atoms with Gasteiger partial charge in [0.15, 0.2) is 0 Å². The average Bonchev–Trinajstić information content (AvgIpc) is 2.61. The standard InChI is InChI=1S/C21H30N2OS/c1-15(2)22-18-7-12-21(24-5)17(14-18)13-16(3)23(4)19-8-10-20(25-6)11-9-19/h7-12,14-16,22H,13H2,1-6H3. The van der Waals surface area contributed by atoms with Crippen LogP contribution in [0.25, 0.3) is 0 Å². The molecule has 0 aromatic heterocycles. The number of anilines is 2. The summed E-state index contributed by atoms with van der Waals surface area (Å²) in [6.45, 7) is 6.56. The number of hydrogen-bond acceptors (Lipinski definition) is 4. The molecule has 0 aliphatic heterocycles. The highest BCUT2D eigenvalue weighted by molar-refractivity contribution is 7.98. The first-order valence-corrected chi connectivity index (χ1v) is 9.97. The minimum Gasteiger partial charge on any atom is -0.496 e. The molecule has 25 heavy (non-hydrogen) atoms. The SMILES string of the molecule is COc1ccc(NC(C)C)cc1CC(C)N(C)c1ccc(SC)cc1. The lowest BCUT2D eigenvalue weighted by molar-refractivity contribution is 0.408. The minimum absolute atomic E-state index is 0.364. The third-order valence-electron chi connectivity index (χ3n) is 4.39. The Labute approximate surface area is 156 Å². The third kappa shape index (κ3) is 5.33. The van der Waals surface area contributed by atoms with Gasteiger partial charge in [-0.3, -0.25) is 0 Å². The summed E-state index contributed by atoms with van der Waals surface area (Å²) in [7, 11) is 3.89. The molecule has 0 aliphatic carbocycles. The molecule has 4 heteroatoms. The van der Waals surface area contributed by atoms with E-state index >= 15 is 0 Å². The lowest BCUT2D eigenvalue weighted by atomic mass is 10.0. The van der Waals surface area contributed by atoms with Gasteiger partial charge in [-0.2, -0.15) is 0 Å². The van der Waals surface area contributed by atoms with Crippen molar-refractivity contribution in [3.63, 3.8) is 0 Å². The fourth-order valence-corrected chi connectivity index (χ4v) is 3.30. The zero-order valence-electron chi connectivity index (χ0n) is 16.2. The quantitative estimate of drug-likeness (QED) is 0.647. The van der Waals surface area contributed by atoms with Crippen LogP contribution < -0.4 is 15.0 Å². The summed E-state index contributed by atoms with van der Waals surface area (Å²) in [5, 5.41) is 3.47.